The Hall–Kier alpha value is -2.08. The van der Waals surface area contributed by atoms with E-state index >= 15 is 0 Å². The Bertz CT molecular complexity index is 658. The Labute approximate surface area is 162 Å². The molecule has 0 bridgehead atoms. The second-order valence-electron chi connectivity index (χ2n) is 6.95. The van der Waals surface area contributed by atoms with Crippen LogP contribution in [0, 0.1) is 0 Å². The molecule has 1 aliphatic rings. The van der Waals surface area contributed by atoms with Gasteiger partial charge in [0.15, 0.2) is 0 Å². The van der Waals surface area contributed by atoms with Crippen LogP contribution in [0.1, 0.15) is 6.92 Å². The maximum absolute atomic E-state index is 5.83. The maximum Gasteiger partial charge on any atom is 0.131 e. The summed E-state index contributed by atoms with van der Waals surface area (Å²) >= 11 is 0. The van der Waals surface area contributed by atoms with Crippen LogP contribution < -0.4 is 19.3 Å². The molecule has 0 unspecified atom stereocenters. The largest absolute Gasteiger partial charge is 0.491 e. The van der Waals surface area contributed by atoms with E-state index in [9.17, 15) is 0 Å². The molecule has 146 valence electrons. The second kappa shape index (κ2) is 10.9. The number of ether oxygens (including phenoxy) is 3. The minimum atomic E-state index is 0.553. The Kier molecular flexibility index (Phi) is 7.96. The molecule has 3 rings (SSSR count). The van der Waals surface area contributed by atoms with Crippen LogP contribution in [0.25, 0.3) is 0 Å². The van der Waals surface area contributed by atoms with Crippen LogP contribution in [0.4, 0.5) is 0 Å². The van der Waals surface area contributed by atoms with Crippen molar-refractivity contribution in [1.29, 1.82) is 0 Å². The summed E-state index contributed by atoms with van der Waals surface area (Å²) in [6, 6.07) is 17.5. The van der Waals surface area contributed by atoms with Gasteiger partial charge in [0.1, 0.15) is 56.6 Å². The van der Waals surface area contributed by atoms with E-state index in [-0.39, 0.29) is 0 Å². The Morgan fingerprint density at radius 2 is 1.44 bits per heavy atom. The van der Waals surface area contributed by atoms with E-state index in [0.717, 1.165) is 30.4 Å². The quantitative estimate of drug-likeness (QED) is 0.602. The molecule has 0 amide bonds. The molecule has 0 aliphatic carbocycles. The zero-order valence-corrected chi connectivity index (χ0v) is 16.3. The number of quaternary nitrogens is 2. The average molecular weight is 373 g/mol. The van der Waals surface area contributed by atoms with E-state index in [4.69, 9.17) is 14.2 Å². The van der Waals surface area contributed by atoms with E-state index in [0.29, 0.717) is 13.2 Å². The van der Waals surface area contributed by atoms with Gasteiger partial charge in [-0.15, -0.1) is 0 Å². The first-order valence-corrected chi connectivity index (χ1v) is 10.0. The zero-order chi connectivity index (χ0) is 18.7. The fraction of sp³-hybridized carbons (Fsp3) is 0.455. The van der Waals surface area contributed by atoms with Crippen LogP contribution in [-0.4, -0.2) is 59.1 Å². The average Bonchev–Trinajstić information content (AvgIpc) is 2.72. The first-order valence-electron chi connectivity index (χ1n) is 10.0. The SMILES string of the molecule is CC[NH+]1CC[NH+](CCOCCOc2cccc(Oc3ccccc3)c2)CC1. The van der Waals surface area contributed by atoms with Gasteiger partial charge >= 0.3 is 0 Å². The van der Waals surface area contributed by atoms with Crippen molar-refractivity contribution < 1.29 is 24.0 Å². The molecule has 0 atom stereocenters. The van der Waals surface area contributed by atoms with Crippen molar-refractivity contribution in [2.24, 2.45) is 0 Å². The summed E-state index contributed by atoms with van der Waals surface area (Å²) in [5, 5.41) is 0. The number of benzene rings is 2. The number of rotatable bonds is 10. The molecule has 1 heterocycles. The van der Waals surface area contributed by atoms with Crippen molar-refractivity contribution in [2.75, 3.05) is 59.1 Å². The molecule has 0 aromatic heterocycles. The normalized spacial score (nSPS) is 19.6. The number of nitrogens with one attached hydrogen (secondary N) is 2. The minimum Gasteiger partial charge on any atom is -0.491 e. The summed E-state index contributed by atoms with van der Waals surface area (Å²) in [6.45, 7) is 11.7. The van der Waals surface area contributed by atoms with Gasteiger partial charge in [0.2, 0.25) is 0 Å². The highest BCUT2D eigenvalue weighted by molar-refractivity contribution is 5.36. The molecule has 2 N–H and O–H groups in total. The van der Waals surface area contributed by atoms with Gasteiger partial charge in [0.25, 0.3) is 0 Å². The summed E-state index contributed by atoms with van der Waals surface area (Å²) < 4.78 is 17.4. The van der Waals surface area contributed by atoms with Gasteiger partial charge in [0.05, 0.1) is 19.8 Å². The highest BCUT2D eigenvalue weighted by Gasteiger charge is 2.20. The topological polar surface area (TPSA) is 36.6 Å². The molecule has 5 heteroatoms. The third-order valence-corrected chi connectivity index (χ3v) is 5.04. The Balaban J connectivity index is 1.30. The Morgan fingerprint density at radius 1 is 0.741 bits per heavy atom. The summed E-state index contributed by atoms with van der Waals surface area (Å²) in [6.07, 6.45) is 0. The molecule has 0 spiro atoms. The highest BCUT2D eigenvalue weighted by atomic mass is 16.5. The van der Waals surface area contributed by atoms with Crippen molar-refractivity contribution in [3.63, 3.8) is 0 Å². The predicted octanol–water partition coefficient (Wildman–Crippen LogP) is 0.678. The van der Waals surface area contributed by atoms with E-state index in [1.165, 1.54) is 32.7 Å². The molecule has 0 radical (unpaired) electrons. The minimum absolute atomic E-state index is 0.553. The van der Waals surface area contributed by atoms with E-state index in [2.05, 4.69) is 6.92 Å². The molecular weight excluding hydrogens is 340 g/mol. The molecule has 27 heavy (non-hydrogen) atoms. The molecule has 1 saturated heterocycles. The van der Waals surface area contributed by atoms with Gasteiger partial charge in [-0.3, -0.25) is 0 Å². The molecular formula is C22H32N2O3+2. The molecule has 2 aromatic carbocycles. The molecule has 2 aromatic rings. The summed E-state index contributed by atoms with van der Waals surface area (Å²) in [5.74, 6) is 2.40. The van der Waals surface area contributed by atoms with E-state index in [1.54, 1.807) is 9.80 Å². The lowest BCUT2D eigenvalue weighted by molar-refractivity contribution is -1.01. The first kappa shape index (κ1) is 19.7. The lowest BCUT2D eigenvalue weighted by Crippen LogP contribution is -3.28. The van der Waals surface area contributed by atoms with Crippen molar-refractivity contribution >= 4 is 0 Å². The van der Waals surface area contributed by atoms with Crippen LogP contribution >= 0.6 is 0 Å². The summed E-state index contributed by atoms with van der Waals surface area (Å²) in [4.78, 5) is 3.39. The van der Waals surface area contributed by atoms with E-state index < -0.39 is 0 Å². The standard InChI is InChI=1S/C22H30N2O3/c1-2-23-11-13-24(14-12-23)15-16-25-17-18-26-21-9-6-10-22(19-21)27-20-7-4-3-5-8-20/h3-10,19H,2,11-18H2,1H3/p+2. The third kappa shape index (κ3) is 6.86. The monoisotopic (exact) mass is 372 g/mol. The number of hydrogen-bond acceptors (Lipinski definition) is 3. The van der Waals surface area contributed by atoms with Crippen molar-refractivity contribution in [3.8, 4) is 17.2 Å². The predicted molar refractivity (Wildman–Crippen MR) is 106 cm³/mol. The van der Waals surface area contributed by atoms with Crippen LogP contribution in [0.3, 0.4) is 0 Å². The third-order valence-electron chi connectivity index (χ3n) is 5.04. The lowest BCUT2D eigenvalue weighted by atomic mass is 10.3. The molecule has 5 nitrogen and oxygen atoms in total. The van der Waals surface area contributed by atoms with Crippen molar-refractivity contribution in [1.82, 2.24) is 0 Å². The van der Waals surface area contributed by atoms with Gasteiger partial charge in [-0.05, 0) is 31.2 Å². The molecule has 1 aliphatic heterocycles. The fourth-order valence-corrected chi connectivity index (χ4v) is 3.35. The maximum atomic E-state index is 5.83. The van der Waals surface area contributed by atoms with Gasteiger partial charge < -0.3 is 24.0 Å². The van der Waals surface area contributed by atoms with Gasteiger partial charge in [0, 0.05) is 6.07 Å². The van der Waals surface area contributed by atoms with Crippen LogP contribution in [0.5, 0.6) is 17.2 Å². The summed E-state index contributed by atoms with van der Waals surface area (Å²) in [7, 11) is 0. The van der Waals surface area contributed by atoms with E-state index in [1.807, 2.05) is 54.6 Å². The van der Waals surface area contributed by atoms with Crippen LogP contribution in [-0.2, 0) is 4.74 Å². The van der Waals surface area contributed by atoms with Gasteiger partial charge in [-0.25, -0.2) is 0 Å². The first-order chi connectivity index (χ1) is 13.3. The smallest absolute Gasteiger partial charge is 0.131 e. The molecule has 1 fully saturated rings. The number of hydrogen-bond donors (Lipinski definition) is 2. The van der Waals surface area contributed by atoms with Crippen molar-refractivity contribution in [3.05, 3.63) is 54.6 Å². The summed E-state index contributed by atoms with van der Waals surface area (Å²) in [5.41, 5.74) is 0. The zero-order valence-electron chi connectivity index (χ0n) is 16.3. The van der Waals surface area contributed by atoms with Gasteiger partial charge in [-0.2, -0.15) is 0 Å². The highest BCUT2D eigenvalue weighted by Crippen LogP contribution is 2.24. The van der Waals surface area contributed by atoms with Gasteiger partial charge in [-0.1, -0.05) is 24.3 Å². The van der Waals surface area contributed by atoms with Crippen molar-refractivity contribution in [2.45, 2.75) is 6.92 Å². The number of likely N-dealkylation sites (N-methyl/N-ethyl adjacent to an activating group) is 1. The lowest BCUT2D eigenvalue weighted by Gasteiger charge is -2.28. The second-order valence-corrected chi connectivity index (χ2v) is 6.95. The number of piperazine rings is 1. The fourth-order valence-electron chi connectivity index (χ4n) is 3.35. The number of para-hydroxylation sites is 1. The van der Waals surface area contributed by atoms with Crippen LogP contribution in [0.15, 0.2) is 54.6 Å². The molecule has 0 saturated carbocycles. The van der Waals surface area contributed by atoms with Crippen LogP contribution in [0.2, 0.25) is 0 Å². The Morgan fingerprint density at radius 3 is 2.22 bits per heavy atom.